The van der Waals surface area contributed by atoms with Gasteiger partial charge in [-0.2, -0.15) is 5.10 Å². The summed E-state index contributed by atoms with van der Waals surface area (Å²) in [5, 5.41) is 16.3. The third-order valence-electron chi connectivity index (χ3n) is 4.92. The predicted molar refractivity (Wildman–Crippen MR) is 95.5 cm³/mol. The van der Waals surface area contributed by atoms with Crippen LogP contribution in [0.5, 0.6) is 0 Å². The standard InChI is InChI=1S/C19H22N4O2/c24-12-10-20-19(25)15-13-18(22-11-4-3-7-16(15)22)17-8-9-21-23(17)14-5-1-2-6-14/h3-4,7-9,11,13-14,24H,1-2,5-6,10,12H2,(H,20,25). The van der Waals surface area contributed by atoms with Gasteiger partial charge in [0.15, 0.2) is 0 Å². The van der Waals surface area contributed by atoms with Crippen LogP contribution in [0.1, 0.15) is 42.1 Å². The highest BCUT2D eigenvalue weighted by atomic mass is 16.3. The summed E-state index contributed by atoms with van der Waals surface area (Å²) in [6.07, 6.45) is 8.60. The number of fused-ring (bicyclic) bond motifs is 1. The van der Waals surface area contributed by atoms with Crippen LogP contribution >= 0.6 is 0 Å². The normalized spacial score (nSPS) is 15.1. The molecule has 3 heterocycles. The average molecular weight is 338 g/mol. The molecule has 1 aliphatic rings. The molecule has 130 valence electrons. The summed E-state index contributed by atoms with van der Waals surface area (Å²) in [5.74, 6) is -0.170. The van der Waals surface area contributed by atoms with Gasteiger partial charge in [0.1, 0.15) is 0 Å². The average Bonchev–Trinajstić information content (AvgIpc) is 3.37. The number of aliphatic hydroxyl groups excluding tert-OH is 1. The molecular weight excluding hydrogens is 316 g/mol. The van der Waals surface area contributed by atoms with E-state index in [1.165, 1.54) is 12.8 Å². The summed E-state index contributed by atoms with van der Waals surface area (Å²) in [5.41, 5.74) is 3.47. The van der Waals surface area contributed by atoms with Gasteiger partial charge in [0.2, 0.25) is 0 Å². The lowest BCUT2D eigenvalue weighted by atomic mass is 10.2. The minimum atomic E-state index is -0.170. The van der Waals surface area contributed by atoms with Gasteiger partial charge >= 0.3 is 0 Å². The van der Waals surface area contributed by atoms with Crippen LogP contribution in [0.2, 0.25) is 0 Å². The maximum absolute atomic E-state index is 12.5. The number of amides is 1. The number of hydrogen-bond donors (Lipinski definition) is 2. The summed E-state index contributed by atoms with van der Waals surface area (Å²) < 4.78 is 4.15. The van der Waals surface area contributed by atoms with Crippen molar-refractivity contribution in [1.82, 2.24) is 19.5 Å². The van der Waals surface area contributed by atoms with Crippen molar-refractivity contribution < 1.29 is 9.90 Å². The van der Waals surface area contributed by atoms with E-state index in [2.05, 4.69) is 15.1 Å². The van der Waals surface area contributed by atoms with Crippen molar-refractivity contribution in [3.63, 3.8) is 0 Å². The molecule has 3 aromatic heterocycles. The summed E-state index contributed by atoms with van der Waals surface area (Å²) in [4.78, 5) is 12.5. The Morgan fingerprint density at radius 3 is 2.88 bits per heavy atom. The van der Waals surface area contributed by atoms with Crippen molar-refractivity contribution in [1.29, 1.82) is 0 Å². The number of pyridine rings is 1. The molecule has 6 heteroatoms. The minimum Gasteiger partial charge on any atom is -0.395 e. The molecule has 25 heavy (non-hydrogen) atoms. The molecule has 0 atom stereocenters. The molecule has 1 aliphatic carbocycles. The number of hydrogen-bond acceptors (Lipinski definition) is 3. The number of aromatic nitrogens is 3. The van der Waals surface area contributed by atoms with E-state index < -0.39 is 0 Å². The van der Waals surface area contributed by atoms with Gasteiger partial charge < -0.3 is 14.8 Å². The highest BCUT2D eigenvalue weighted by molar-refractivity contribution is 6.02. The van der Waals surface area contributed by atoms with Gasteiger partial charge in [-0.05, 0) is 37.1 Å². The minimum absolute atomic E-state index is 0.0706. The van der Waals surface area contributed by atoms with Gasteiger partial charge in [0.05, 0.1) is 35.1 Å². The lowest BCUT2D eigenvalue weighted by molar-refractivity contribution is 0.0946. The molecular formula is C19H22N4O2. The lowest BCUT2D eigenvalue weighted by Gasteiger charge is -2.14. The topological polar surface area (TPSA) is 71.6 Å². The summed E-state index contributed by atoms with van der Waals surface area (Å²) >= 11 is 0. The summed E-state index contributed by atoms with van der Waals surface area (Å²) in [6.45, 7) is 0.178. The lowest BCUT2D eigenvalue weighted by Crippen LogP contribution is -2.26. The molecule has 1 amide bonds. The van der Waals surface area contributed by atoms with Crippen LogP contribution in [-0.2, 0) is 0 Å². The molecule has 0 bridgehead atoms. The zero-order valence-corrected chi connectivity index (χ0v) is 14.1. The number of nitrogens with zero attached hydrogens (tertiary/aromatic N) is 3. The molecule has 0 aromatic carbocycles. The second-order valence-electron chi connectivity index (χ2n) is 6.48. The molecule has 0 spiro atoms. The maximum atomic E-state index is 12.5. The monoisotopic (exact) mass is 338 g/mol. The Balaban J connectivity index is 1.81. The first-order valence-corrected chi connectivity index (χ1v) is 8.82. The molecule has 2 N–H and O–H groups in total. The number of nitrogens with one attached hydrogen (secondary N) is 1. The van der Waals surface area contributed by atoms with Crippen molar-refractivity contribution in [3.05, 3.63) is 48.3 Å². The zero-order valence-electron chi connectivity index (χ0n) is 14.1. The second kappa shape index (κ2) is 6.72. The van der Waals surface area contributed by atoms with E-state index in [0.717, 1.165) is 29.7 Å². The van der Waals surface area contributed by atoms with Crippen LogP contribution in [0, 0.1) is 0 Å². The van der Waals surface area contributed by atoms with Gasteiger partial charge in [-0.25, -0.2) is 0 Å². The van der Waals surface area contributed by atoms with Crippen molar-refractivity contribution in [3.8, 4) is 11.4 Å². The Hall–Kier alpha value is -2.60. The first-order chi connectivity index (χ1) is 12.3. The highest BCUT2D eigenvalue weighted by Gasteiger charge is 2.23. The van der Waals surface area contributed by atoms with Crippen LogP contribution in [0.15, 0.2) is 42.7 Å². The first-order valence-electron chi connectivity index (χ1n) is 8.82. The fourth-order valence-electron chi connectivity index (χ4n) is 3.75. The molecule has 0 unspecified atom stereocenters. The van der Waals surface area contributed by atoms with E-state index in [0.29, 0.717) is 11.6 Å². The smallest absolute Gasteiger partial charge is 0.253 e. The third kappa shape index (κ3) is 2.82. The van der Waals surface area contributed by atoms with E-state index in [1.54, 1.807) is 0 Å². The third-order valence-corrected chi connectivity index (χ3v) is 4.92. The largest absolute Gasteiger partial charge is 0.395 e. The maximum Gasteiger partial charge on any atom is 0.253 e. The first kappa shape index (κ1) is 15.9. The van der Waals surface area contributed by atoms with Crippen molar-refractivity contribution in [2.75, 3.05) is 13.2 Å². The number of carbonyl (C=O) groups excluding carboxylic acids is 1. The van der Waals surface area contributed by atoms with Gasteiger partial charge in [-0.1, -0.05) is 18.9 Å². The van der Waals surface area contributed by atoms with Gasteiger partial charge in [0, 0.05) is 18.9 Å². The van der Waals surface area contributed by atoms with E-state index in [4.69, 9.17) is 5.11 Å². The fourth-order valence-corrected chi connectivity index (χ4v) is 3.75. The van der Waals surface area contributed by atoms with Gasteiger partial charge in [-0.3, -0.25) is 9.48 Å². The summed E-state index contributed by atoms with van der Waals surface area (Å²) in [7, 11) is 0. The molecule has 0 radical (unpaired) electrons. The zero-order chi connectivity index (χ0) is 17.2. The summed E-state index contributed by atoms with van der Waals surface area (Å²) in [6, 6.07) is 10.2. The number of aliphatic hydroxyl groups is 1. The Labute approximate surface area is 146 Å². The van der Waals surface area contributed by atoms with E-state index in [-0.39, 0.29) is 19.1 Å². The number of carbonyl (C=O) groups is 1. The van der Waals surface area contributed by atoms with Crippen molar-refractivity contribution in [2.24, 2.45) is 0 Å². The van der Waals surface area contributed by atoms with Crippen molar-refractivity contribution in [2.45, 2.75) is 31.7 Å². The van der Waals surface area contributed by atoms with Crippen LogP contribution in [-0.4, -0.2) is 38.3 Å². The van der Waals surface area contributed by atoms with Crippen molar-refractivity contribution >= 4 is 11.4 Å². The van der Waals surface area contributed by atoms with Gasteiger partial charge in [-0.15, -0.1) is 0 Å². The Morgan fingerprint density at radius 2 is 2.08 bits per heavy atom. The SMILES string of the molecule is O=C(NCCO)c1cc(-c2ccnn2C2CCCC2)n2ccccc12. The van der Waals surface area contributed by atoms with Crippen LogP contribution < -0.4 is 5.32 Å². The highest BCUT2D eigenvalue weighted by Crippen LogP contribution is 2.34. The molecule has 3 aromatic rings. The quantitative estimate of drug-likeness (QED) is 0.751. The number of rotatable bonds is 5. The van der Waals surface area contributed by atoms with Crippen LogP contribution in [0.4, 0.5) is 0 Å². The second-order valence-corrected chi connectivity index (χ2v) is 6.48. The molecule has 4 rings (SSSR count). The fraction of sp³-hybridized carbons (Fsp3) is 0.368. The Morgan fingerprint density at radius 1 is 1.24 bits per heavy atom. The molecule has 1 saturated carbocycles. The molecule has 0 aliphatic heterocycles. The molecule has 1 fully saturated rings. The van der Waals surface area contributed by atoms with Crippen LogP contribution in [0.3, 0.4) is 0 Å². The van der Waals surface area contributed by atoms with E-state index >= 15 is 0 Å². The van der Waals surface area contributed by atoms with Crippen LogP contribution in [0.25, 0.3) is 16.9 Å². The van der Waals surface area contributed by atoms with E-state index in [1.807, 2.05) is 47.1 Å². The molecule has 6 nitrogen and oxygen atoms in total. The molecule has 0 saturated heterocycles. The predicted octanol–water partition coefficient (Wildman–Crippen LogP) is 2.64. The Bertz CT molecular complexity index is 890. The van der Waals surface area contributed by atoms with E-state index in [9.17, 15) is 4.79 Å². The Kier molecular flexibility index (Phi) is 4.28. The van der Waals surface area contributed by atoms with Gasteiger partial charge in [0.25, 0.3) is 5.91 Å².